The Morgan fingerprint density at radius 1 is 1.05 bits per heavy atom. The van der Waals surface area contributed by atoms with Gasteiger partial charge in [0.2, 0.25) is 0 Å². The Kier molecular flexibility index (Phi) is 2.90. The van der Waals surface area contributed by atoms with Gasteiger partial charge in [-0.15, -0.1) is 0 Å². The standard InChI is InChI=1S/C16H20O3/c1-19-16-9-6-15(7-10-16,8-11-16)13-4-2-12(3-5-13)14(17)18/h2-5H,6-11H2,1H3,(H,17,18). The summed E-state index contributed by atoms with van der Waals surface area (Å²) >= 11 is 0. The number of methoxy groups -OCH3 is 1. The number of hydrogen-bond acceptors (Lipinski definition) is 2. The van der Waals surface area contributed by atoms with Crippen LogP contribution in [0.2, 0.25) is 0 Å². The minimum absolute atomic E-state index is 0.128. The maximum absolute atomic E-state index is 10.9. The van der Waals surface area contributed by atoms with E-state index in [4.69, 9.17) is 9.84 Å². The summed E-state index contributed by atoms with van der Waals surface area (Å²) < 4.78 is 5.72. The molecule has 3 aliphatic rings. The van der Waals surface area contributed by atoms with E-state index in [-0.39, 0.29) is 11.0 Å². The van der Waals surface area contributed by atoms with Crippen LogP contribution in [0.5, 0.6) is 0 Å². The predicted octanol–water partition coefficient (Wildman–Crippen LogP) is 3.38. The number of fused-ring (bicyclic) bond motifs is 3. The second kappa shape index (κ2) is 4.34. The van der Waals surface area contributed by atoms with E-state index in [1.807, 2.05) is 19.2 Å². The van der Waals surface area contributed by atoms with Crippen LogP contribution in [0.25, 0.3) is 0 Å². The van der Waals surface area contributed by atoms with Crippen molar-refractivity contribution in [2.24, 2.45) is 0 Å². The molecule has 0 aliphatic heterocycles. The number of hydrogen-bond donors (Lipinski definition) is 1. The molecule has 2 bridgehead atoms. The number of rotatable bonds is 3. The first-order valence-electron chi connectivity index (χ1n) is 6.98. The molecule has 0 aromatic heterocycles. The zero-order valence-corrected chi connectivity index (χ0v) is 11.3. The van der Waals surface area contributed by atoms with Gasteiger partial charge in [-0.2, -0.15) is 0 Å². The van der Waals surface area contributed by atoms with Crippen LogP contribution in [0.1, 0.15) is 54.4 Å². The molecule has 102 valence electrons. The normalized spacial score (nSPS) is 33.3. The summed E-state index contributed by atoms with van der Waals surface area (Å²) in [5.74, 6) is -0.852. The van der Waals surface area contributed by atoms with Crippen molar-refractivity contribution in [2.75, 3.05) is 7.11 Å². The van der Waals surface area contributed by atoms with Crippen LogP contribution < -0.4 is 0 Å². The molecule has 19 heavy (non-hydrogen) atoms. The van der Waals surface area contributed by atoms with E-state index in [1.54, 1.807) is 12.1 Å². The summed E-state index contributed by atoms with van der Waals surface area (Å²) in [6, 6.07) is 7.49. The first-order chi connectivity index (χ1) is 9.09. The Bertz CT molecular complexity index is 465. The van der Waals surface area contributed by atoms with Crippen LogP contribution >= 0.6 is 0 Å². The summed E-state index contributed by atoms with van der Waals surface area (Å²) in [4.78, 5) is 10.9. The average molecular weight is 260 g/mol. The van der Waals surface area contributed by atoms with Crippen LogP contribution in [0.15, 0.2) is 24.3 Å². The van der Waals surface area contributed by atoms with Gasteiger partial charge in [0.1, 0.15) is 0 Å². The Morgan fingerprint density at radius 2 is 1.58 bits per heavy atom. The zero-order chi connectivity index (χ0) is 13.5. The van der Waals surface area contributed by atoms with Crippen LogP contribution in [0, 0.1) is 0 Å². The van der Waals surface area contributed by atoms with Gasteiger partial charge in [0.05, 0.1) is 11.2 Å². The summed E-state index contributed by atoms with van der Waals surface area (Å²) in [5.41, 5.74) is 2.07. The molecule has 0 spiro atoms. The molecule has 0 radical (unpaired) electrons. The van der Waals surface area contributed by atoms with E-state index in [0.29, 0.717) is 5.56 Å². The fourth-order valence-electron chi connectivity index (χ4n) is 3.86. The molecule has 3 saturated carbocycles. The van der Waals surface area contributed by atoms with E-state index in [1.165, 1.54) is 5.56 Å². The highest BCUT2D eigenvalue weighted by atomic mass is 16.5. The highest BCUT2D eigenvalue weighted by molar-refractivity contribution is 5.87. The minimum Gasteiger partial charge on any atom is -0.478 e. The molecule has 0 amide bonds. The molecule has 3 fully saturated rings. The van der Waals surface area contributed by atoms with Gasteiger partial charge in [-0.05, 0) is 61.6 Å². The lowest BCUT2D eigenvalue weighted by Crippen LogP contribution is -2.49. The SMILES string of the molecule is COC12CCC(c3ccc(C(=O)O)cc3)(CC1)CC2. The van der Waals surface area contributed by atoms with E-state index < -0.39 is 5.97 Å². The Labute approximate surface area is 113 Å². The summed E-state index contributed by atoms with van der Waals surface area (Å²) in [6.45, 7) is 0. The average Bonchev–Trinajstić information content (AvgIpc) is 2.49. The van der Waals surface area contributed by atoms with Crippen molar-refractivity contribution in [1.82, 2.24) is 0 Å². The summed E-state index contributed by atoms with van der Waals surface area (Å²) in [6.07, 6.45) is 6.87. The molecule has 3 aliphatic carbocycles. The second-order valence-corrected chi connectivity index (χ2v) is 6.05. The van der Waals surface area contributed by atoms with Crippen molar-refractivity contribution < 1.29 is 14.6 Å². The van der Waals surface area contributed by atoms with Gasteiger partial charge in [-0.25, -0.2) is 4.79 Å². The quantitative estimate of drug-likeness (QED) is 0.906. The number of aromatic carboxylic acids is 1. The van der Waals surface area contributed by atoms with Crippen molar-refractivity contribution in [2.45, 2.75) is 49.5 Å². The third-order valence-electron chi connectivity index (χ3n) is 5.35. The van der Waals surface area contributed by atoms with E-state index >= 15 is 0 Å². The zero-order valence-electron chi connectivity index (χ0n) is 11.3. The highest BCUT2D eigenvalue weighted by Gasteiger charge is 2.49. The topological polar surface area (TPSA) is 46.5 Å². The number of benzene rings is 1. The lowest BCUT2D eigenvalue weighted by Gasteiger charge is -2.53. The maximum Gasteiger partial charge on any atom is 0.335 e. The minimum atomic E-state index is -0.852. The molecule has 0 saturated heterocycles. The molecule has 3 nitrogen and oxygen atoms in total. The molecule has 1 aromatic rings. The van der Waals surface area contributed by atoms with Crippen LogP contribution in [0.4, 0.5) is 0 Å². The molecule has 0 heterocycles. The Hall–Kier alpha value is -1.35. The van der Waals surface area contributed by atoms with E-state index in [9.17, 15) is 4.79 Å². The lowest BCUT2D eigenvalue weighted by atomic mass is 9.56. The van der Waals surface area contributed by atoms with E-state index in [0.717, 1.165) is 38.5 Å². The monoisotopic (exact) mass is 260 g/mol. The van der Waals surface area contributed by atoms with Crippen LogP contribution in [-0.2, 0) is 10.2 Å². The number of carboxylic acids is 1. The van der Waals surface area contributed by atoms with Gasteiger partial charge in [-0.1, -0.05) is 12.1 Å². The smallest absolute Gasteiger partial charge is 0.335 e. The van der Waals surface area contributed by atoms with Gasteiger partial charge in [-0.3, -0.25) is 0 Å². The molecule has 1 aromatic carbocycles. The highest BCUT2D eigenvalue weighted by Crippen LogP contribution is 2.54. The fourth-order valence-corrected chi connectivity index (χ4v) is 3.86. The van der Waals surface area contributed by atoms with Gasteiger partial charge in [0.15, 0.2) is 0 Å². The third-order valence-corrected chi connectivity index (χ3v) is 5.35. The Morgan fingerprint density at radius 3 is 2.00 bits per heavy atom. The third kappa shape index (κ3) is 1.96. The molecular formula is C16H20O3. The maximum atomic E-state index is 10.9. The van der Waals surface area contributed by atoms with Gasteiger partial charge in [0.25, 0.3) is 0 Å². The molecular weight excluding hydrogens is 240 g/mol. The van der Waals surface area contributed by atoms with E-state index in [2.05, 4.69) is 0 Å². The number of carboxylic acid groups (broad SMARTS) is 1. The second-order valence-electron chi connectivity index (χ2n) is 6.05. The number of carbonyl (C=O) groups is 1. The molecule has 1 N–H and O–H groups in total. The van der Waals surface area contributed by atoms with Gasteiger partial charge < -0.3 is 9.84 Å². The Balaban J connectivity index is 1.85. The van der Waals surface area contributed by atoms with Crippen molar-refractivity contribution in [3.8, 4) is 0 Å². The summed E-state index contributed by atoms with van der Waals surface area (Å²) in [5, 5.41) is 8.96. The van der Waals surface area contributed by atoms with Crippen LogP contribution in [0.3, 0.4) is 0 Å². The van der Waals surface area contributed by atoms with Crippen molar-refractivity contribution >= 4 is 5.97 Å². The van der Waals surface area contributed by atoms with Gasteiger partial charge in [0, 0.05) is 7.11 Å². The molecule has 3 heteroatoms. The lowest BCUT2D eigenvalue weighted by molar-refractivity contribution is -0.0955. The largest absolute Gasteiger partial charge is 0.478 e. The van der Waals surface area contributed by atoms with Crippen LogP contribution in [-0.4, -0.2) is 23.8 Å². The summed E-state index contributed by atoms with van der Waals surface area (Å²) in [7, 11) is 1.83. The predicted molar refractivity (Wildman–Crippen MR) is 72.5 cm³/mol. The number of ether oxygens (including phenoxy) is 1. The van der Waals surface area contributed by atoms with Gasteiger partial charge >= 0.3 is 5.97 Å². The first kappa shape index (κ1) is 12.7. The molecule has 4 rings (SSSR count). The van der Waals surface area contributed by atoms with Crippen molar-refractivity contribution in [1.29, 1.82) is 0 Å². The molecule has 0 unspecified atom stereocenters. The molecule has 0 atom stereocenters. The fraction of sp³-hybridized carbons (Fsp3) is 0.562. The van der Waals surface area contributed by atoms with Crippen molar-refractivity contribution in [3.05, 3.63) is 35.4 Å². The van der Waals surface area contributed by atoms with Crippen molar-refractivity contribution in [3.63, 3.8) is 0 Å². The first-order valence-corrected chi connectivity index (χ1v) is 6.98.